The van der Waals surface area contributed by atoms with Crippen LogP contribution in [0.1, 0.15) is 37.6 Å². The zero-order chi connectivity index (χ0) is 19.2. The number of hydrogen-bond acceptors (Lipinski definition) is 4. The van der Waals surface area contributed by atoms with Gasteiger partial charge < -0.3 is 20.8 Å². The molecular weight excluding hydrogens is 342 g/mol. The average molecular weight is 363 g/mol. The van der Waals surface area contributed by atoms with E-state index >= 15 is 0 Å². The van der Waals surface area contributed by atoms with Crippen molar-refractivity contribution in [2.45, 2.75) is 20.0 Å². The van der Waals surface area contributed by atoms with Crippen LogP contribution in [0.15, 0.2) is 65.3 Å². The summed E-state index contributed by atoms with van der Waals surface area (Å²) in [6.07, 6.45) is 1.44. The van der Waals surface area contributed by atoms with E-state index in [4.69, 9.17) is 10.2 Å². The third-order valence-electron chi connectivity index (χ3n) is 4.19. The molecule has 0 saturated heterocycles. The van der Waals surface area contributed by atoms with Crippen molar-refractivity contribution in [1.82, 2.24) is 5.32 Å². The summed E-state index contributed by atoms with van der Waals surface area (Å²) in [4.78, 5) is 24.4. The highest BCUT2D eigenvalue weighted by molar-refractivity contribution is 6.03. The van der Waals surface area contributed by atoms with Crippen LogP contribution in [0.4, 0.5) is 5.69 Å². The first-order chi connectivity index (χ1) is 13.1. The maximum absolute atomic E-state index is 12.4. The van der Waals surface area contributed by atoms with Gasteiger partial charge in [0.15, 0.2) is 5.76 Å². The molecule has 0 unspecified atom stereocenters. The zero-order valence-electron chi connectivity index (χ0n) is 15.0. The van der Waals surface area contributed by atoms with Gasteiger partial charge in [-0.05, 0) is 53.9 Å². The van der Waals surface area contributed by atoms with Gasteiger partial charge in [-0.25, -0.2) is 0 Å². The lowest BCUT2D eigenvalue weighted by Crippen LogP contribution is -2.23. The van der Waals surface area contributed by atoms with Gasteiger partial charge in [-0.3, -0.25) is 9.59 Å². The highest BCUT2D eigenvalue weighted by Crippen LogP contribution is 2.18. The summed E-state index contributed by atoms with van der Waals surface area (Å²) in [6.45, 7) is 2.76. The van der Waals surface area contributed by atoms with E-state index in [0.717, 1.165) is 16.7 Å². The number of nitrogens with one attached hydrogen (secondary N) is 2. The molecule has 2 aromatic carbocycles. The Hall–Kier alpha value is -3.38. The van der Waals surface area contributed by atoms with Gasteiger partial charge in [0.1, 0.15) is 0 Å². The molecule has 27 heavy (non-hydrogen) atoms. The Bertz CT molecular complexity index is 932. The lowest BCUT2D eigenvalue weighted by molar-refractivity contribution is 0.0950. The number of carbonyl (C=O) groups excluding carboxylic acids is 2. The number of carbonyl (C=O) groups is 2. The number of amides is 2. The monoisotopic (exact) mass is 363 g/mol. The van der Waals surface area contributed by atoms with Gasteiger partial charge in [0.25, 0.3) is 11.8 Å². The molecular formula is C21H21N3O3. The average Bonchev–Trinajstić information content (AvgIpc) is 3.23. The zero-order valence-corrected chi connectivity index (χ0v) is 15.0. The van der Waals surface area contributed by atoms with Crippen molar-refractivity contribution in [3.8, 4) is 0 Å². The van der Waals surface area contributed by atoms with E-state index in [9.17, 15) is 9.59 Å². The molecule has 3 rings (SSSR count). The second-order valence-corrected chi connectivity index (χ2v) is 6.16. The Balaban J connectivity index is 1.61. The van der Waals surface area contributed by atoms with Gasteiger partial charge in [0.05, 0.1) is 6.26 Å². The van der Waals surface area contributed by atoms with E-state index in [-0.39, 0.29) is 17.6 Å². The van der Waals surface area contributed by atoms with Crippen LogP contribution in [0.5, 0.6) is 0 Å². The van der Waals surface area contributed by atoms with Crippen molar-refractivity contribution in [3.63, 3.8) is 0 Å². The van der Waals surface area contributed by atoms with Crippen molar-refractivity contribution in [3.05, 3.63) is 88.9 Å². The van der Waals surface area contributed by atoms with Crippen molar-refractivity contribution in [1.29, 1.82) is 0 Å². The normalized spacial score (nSPS) is 10.4. The summed E-state index contributed by atoms with van der Waals surface area (Å²) in [6, 6.07) is 16.2. The van der Waals surface area contributed by atoms with E-state index in [1.54, 1.807) is 30.3 Å². The molecule has 1 heterocycles. The molecule has 6 nitrogen and oxygen atoms in total. The topological polar surface area (TPSA) is 97.4 Å². The standard InChI is InChI=1S/C21H21N3O3/c1-14-11-17(8-9-18(14)24-21(26)19-3-2-10-27-19)20(25)23-13-16-6-4-15(12-22)5-7-16/h2-11H,12-13,22H2,1H3,(H,23,25)(H,24,26). The van der Waals surface area contributed by atoms with Crippen LogP contribution in [-0.2, 0) is 13.1 Å². The fourth-order valence-electron chi connectivity index (χ4n) is 2.61. The Kier molecular flexibility index (Phi) is 5.68. The van der Waals surface area contributed by atoms with Gasteiger partial charge in [0, 0.05) is 24.3 Å². The Morgan fingerprint density at radius 2 is 1.74 bits per heavy atom. The molecule has 4 N–H and O–H groups in total. The van der Waals surface area contributed by atoms with E-state index in [1.807, 2.05) is 31.2 Å². The number of aryl methyl sites for hydroxylation is 1. The molecule has 0 aliphatic rings. The SMILES string of the molecule is Cc1cc(C(=O)NCc2ccc(CN)cc2)ccc1NC(=O)c1ccco1. The van der Waals surface area contributed by atoms with Crippen molar-refractivity contribution in [2.24, 2.45) is 5.73 Å². The maximum atomic E-state index is 12.4. The highest BCUT2D eigenvalue weighted by atomic mass is 16.3. The molecule has 0 radical (unpaired) electrons. The molecule has 2 amide bonds. The van der Waals surface area contributed by atoms with Crippen LogP contribution in [0.25, 0.3) is 0 Å². The summed E-state index contributed by atoms with van der Waals surface area (Å²) in [5, 5.41) is 5.66. The summed E-state index contributed by atoms with van der Waals surface area (Å²) < 4.78 is 5.07. The molecule has 138 valence electrons. The predicted octanol–water partition coefficient (Wildman–Crippen LogP) is 3.23. The van der Waals surface area contributed by atoms with Gasteiger partial charge in [-0.2, -0.15) is 0 Å². The first-order valence-electron chi connectivity index (χ1n) is 8.58. The number of hydrogen-bond donors (Lipinski definition) is 3. The minimum atomic E-state index is -0.332. The quantitative estimate of drug-likeness (QED) is 0.626. The van der Waals surface area contributed by atoms with E-state index < -0.39 is 0 Å². The van der Waals surface area contributed by atoms with Crippen LogP contribution in [0.3, 0.4) is 0 Å². The highest BCUT2D eigenvalue weighted by Gasteiger charge is 2.12. The number of furan rings is 1. The molecule has 0 aliphatic carbocycles. The Morgan fingerprint density at radius 1 is 1.00 bits per heavy atom. The molecule has 0 spiro atoms. The molecule has 0 fully saturated rings. The summed E-state index contributed by atoms with van der Waals surface area (Å²) in [7, 11) is 0. The van der Waals surface area contributed by atoms with E-state index in [2.05, 4.69) is 10.6 Å². The van der Waals surface area contributed by atoms with E-state index in [0.29, 0.717) is 24.3 Å². The third kappa shape index (κ3) is 4.62. The van der Waals surface area contributed by atoms with Gasteiger partial charge >= 0.3 is 0 Å². The summed E-state index contributed by atoms with van der Waals surface area (Å²) in [5.41, 5.74) is 9.58. The lowest BCUT2D eigenvalue weighted by atomic mass is 10.1. The van der Waals surface area contributed by atoms with Crippen LogP contribution in [0.2, 0.25) is 0 Å². The van der Waals surface area contributed by atoms with Crippen molar-refractivity contribution in [2.75, 3.05) is 5.32 Å². The van der Waals surface area contributed by atoms with E-state index in [1.165, 1.54) is 6.26 Å². The first-order valence-corrected chi connectivity index (χ1v) is 8.58. The van der Waals surface area contributed by atoms with Gasteiger partial charge in [-0.15, -0.1) is 0 Å². The smallest absolute Gasteiger partial charge is 0.291 e. The number of benzene rings is 2. The van der Waals surface area contributed by atoms with Crippen molar-refractivity contribution < 1.29 is 14.0 Å². The molecule has 0 bridgehead atoms. The second-order valence-electron chi connectivity index (χ2n) is 6.16. The molecule has 3 aromatic rings. The van der Waals surface area contributed by atoms with Crippen LogP contribution in [-0.4, -0.2) is 11.8 Å². The Morgan fingerprint density at radius 3 is 2.37 bits per heavy atom. The number of rotatable bonds is 6. The second kappa shape index (κ2) is 8.33. The van der Waals surface area contributed by atoms with Crippen LogP contribution < -0.4 is 16.4 Å². The third-order valence-corrected chi connectivity index (χ3v) is 4.19. The molecule has 0 saturated carbocycles. The molecule has 0 aliphatic heterocycles. The lowest BCUT2D eigenvalue weighted by Gasteiger charge is -2.10. The maximum Gasteiger partial charge on any atom is 0.291 e. The first kappa shape index (κ1) is 18.4. The van der Waals surface area contributed by atoms with Crippen LogP contribution in [0, 0.1) is 6.92 Å². The van der Waals surface area contributed by atoms with Gasteiger partial charge in [-0.1, -0.05) is 24.3 Å². The fourth-order valence-corrected chi connectivity index (χ4v) is 2.61. The summed E-state index contributed by atoms with van der Waals surface area (Å²) in [5.74, 6) is -0.275. The number of nitrogens with two attached hydrogens (primary N) is 1. The van der Waals surface area contributed by atoms with Crippen molar-refractivity contribution >= 4 is 17.5 Å². The number of anilines is 1. The molecule has 1 aromatic heterocycles. The Labute approximate surface area is 157 Å². The minimum absolute atomic E-state index is 0.176. The van der Waals surface area contributed by atoms with Crippen LogP contribution >= 0.6 is 0 Å². The predicted molar refractivity (Wildman–Crippen MR) is 103 cm³/mol. The fraction of sp³-hybridized carbons (Fsp3) is 0.143. The molecule has 6 heteroatoms. The minimum Gasteiger partial charge on any atom is -0.459 e. The largest absolute Gasteiger partial charge is 0.459 e. The molecule has 0 atom stereocenters. The summed E-state index contributed by atoms with van der Waals surface area (Å²) >= 11 is 0. The van der Waals surface area contributed by atoms with Gasteiger partial charge in [0.2, 0.25) is 0 Å².